The van der Waals surface area contributed by atoms with Crippen molar-refractivity contribution < 1.29 is 28.9 Å². The SMILES string of the molecule is C=N/C(=C\C=C(/C)CC1CC2(C1)CN(C(=O)N1CC[C@@H]3OCC(=O)N[C@@H]3C1)C2)C(F)(F)F.[HH]. The zero-order chi connectivity index (χ0) is 23.1. The lowest BCUT2D eigenvalue weighted by molar-refractivity contribution is -0.140. The van der Waals surface area contributed by atoms with E-state index in [-0.39, 0.29) is 37.5 Å². The zero-order valence-electron chi connectivity index (χ0n) is 18.2. The third-order valence-corrected chi connectivity index (χ3v) is 6.96. The van der Waals surface area contributed by atoms with Gasteiger partial charge in [0.2, 0.25) is 5.91 Å². The van der Waals surface area contributed by atoms with E-state index in [4.69, 9.17) is 4.74 Å². The first-order valence-electron chi connectivity index (χ1n) is 10.9. The molecule has 1 spiro atoms. The third kappa shape index (κ3) is 4.69. The molecular formula is C22H31F3N4O3. The minimum Gasteiger partial charge on any atom is -0.366 e. The summed E-state index contributed by atoms with van der Waals surface area (Å²) in [6.45, 7) is 7.43. The molecule has 32 heavy (non-hydrogen) atoms. The van der Waals surface area contributed by atoms with Crippen LogP contribution < -0.4 is 5.32 Å². The first-order chi connectivity index (χ1) is 15.1. The number of nitrogens with one attached hydrogen (secondary N) is 1. The van der Waals surface area contributed by atoms with Gasteiger partial charge in [0.1, 0.15) is 12.3 Å². The Balaban J connectivity index is 0.00000306. The lowest BCUT2D eigenvalue weighted by atomic mass is 9.56. The van der Waals surface area contributed by atoms with Crippen molar-refractivity contribution in [2.24, 2.45) is 16.3 Å². The second-order valence-corrected chi connectivity index (χ2v) is 9.60. The van der Waals surface area contributed by atoms with Crippen LogP contribution in [-0.4, -0.2) is 79.6 Å². The average molecular weight is 457 g/mol. The molecular weight excluding hydrogens is 425 g/mol. The van der Waals surface area contributed by atoms with Crippen molar-refractivity contribution in [3.8, 4) is 0 Å². The number of piperidine rings is 1. The third-order valence-electron chi connectivity index (χ3n) is 6.96. The van der Waals surface area contributed by atoms with Gasteiger partial charge in [-0.2, -0.15) is 13.2 Å². The molecule has 178 valence electrons. The summed E-state index contributed by atoms with van der Waals surface area (Å²) in [6.07, 6.45) is 1.34. The number of allylic oxidation sites excluding steroid dienone is 4. The number of ether oxygens (including phenoxy) is 1. The number of rotatable bonds is 4. The predicted molar refractivity (Wildman–Crippen MR) is 114 cm³/mol. The van der Waals surface area contributed by atoms with Gasteiger partial charge in [-0.05, 0) is 51.3 Å². The molecule has 0 aromatic heterocycles. The molecule has 0 radical (unpaired) electrons. The molecule has 0 aromatic carbocycles. The van der Waals surface area contributed by atoms with Crippen molar-refractivity contribution in [2.45, 2.75) is 50.9 Å². The lowest BCUT2D eigenvalue weighted by Gasteiger charge is -2.60. The first-order valence-corrected chi connectivity index (χ1v) is 10.9. The summed E-state index contributed by atoms with van der Waals surface area (Å²) < 4.78 is 43.7. The second-order valence-electron chi connectivity index (χ2n) is 9.60. The van der Waals surface area contributed by atoms with Crippen LogP contribution in [0, 0.1) is 11.3 Å². The number of hydrogen-bond donors (Lipinski definition) is 1. The zero-order valence-corrected chi connectivity index (χ0v) is 18.2. The number of alkyl halides is 3. The number of morpholine rings is 1. The van der Waals surface area contributed by atoms with Gasteiger partial charge in [-0.1, -0.05) is 11.6 Å². The van der Waals surface area contributed by atoms with E-state index in [0.29, 0.717) is 19.0 Å². The van der Waals surface area contributed by atoms with Crippen LogP contribution in [0.1, 0.15) is 34.0 Å². The van der Waals surface area contributed by atoms with Gasteiger partial charge in [0.05, 0.1) is 12.1 Å². The minimum atomic E-state index is -4.49. The van der Waals surface area contributed by atoms with Gasteiger partial charge in [0.25, 0.3) is 0 Å². The fourth-order valence-electron chi connectivity index (χ4n) is 5.52. The van der Waals surface area contributed by atoms with E-state index >= 15 is 0 Å². The van der Waals surface area contributed by atoms with Crippen molar-refractivity contribution in [1.82, 2.24) is 15.1 Å². The molecule has 1 aliphatic carbocycles. The Bertz CT molecular complexity index is 846. The summed E-state index contributed by atoms with van der Waals surface area (Å²) >= 11 is 0. The summed E-state index contributed by atoms with van der Waals surface area (Å²) in [6, 6.07) is -0.134. The van der Waals surface area contributed by atoms with Crippen LogP contribution in [0.2, 0.25) is 0 Å². The Morgan fingerprint density at radius 3 is 2.72 bits per heavy atom. The van der Waals surface area contributed by atoms with Gasteiger partial charge in [-0.3, -0.25) is 9.79 Å². The van der Waals surface area contributed by atoms with Crippen LogP contribution in [-0.2, 0) is 9.53 Å². The van der Waals surface area contributed by atoms with E-state index < -0.39 is 11.9 Å². The van der Waals surface area contributed by atoms with Crippen LogP contribution in [0.5, 0.6) is 0 Å². The van der Waals surface area contributed by atoms with Gasteiger partial charge in [0, 0.05) is 33.0 Å². The van der Waals surface area contributed by atoms with Crippen molar-refractivity contribution >= 4 is 18.7 Å². The Labute approximate surface area is 186 Å². The number of aliphatic imine (C=N–C) groups is 1. The summed E-state index contributed by atoms with van der Waals surface area (Å²) in [7, 11) is 0. The summed E-state index contributed by atoms with van der Waals surface area (Å²) in [5.74, 6) is 0.285. The molecule has 4 rings (SSSR count). The number of amides is 3. The molecule has 4 aliphatic rings. The number of fused-ring (bicyclic) bond motifs is 1. The van der Waals surface area contributed by atoms with E-state index in [0.717, 1.165) is 50.4 Å². The van der Waals surface area contributed by atoms with E-state index in [1.807, 2.05) is 11.8 Å². The quantitative estimate of drug-likeness (QED) is 0.522. The Hall–Kier alpha value is -2.36. The number of carbonyl (C=O) groups is 2. The number of nitrogens with zero attached hydrogens (tertiary/aromatic N) is 3. The van der Waals surface area contributed by atoms with Crippen LogP contribution >= 0.6 is 0 Å². The normalized spacial score (nSPS) is 28.6. The minimum absolute atomic E-state index is 0. The number of urea groups is 1. The van der Waals surface area contributed by atoms with Crippen LogP contribution in [0.25, 0.3) is 0 Å². The topological polar surface area (TPSA) is 74.2 Å². The molecule has 7 nitrogen and oxygen atoms in total. The van der Waals surface area contributed by atoms with Crippen LogP contribution in [0.15, 0.2) is 28.4 Å². The molecule has 1 N–H and O–H groups in total. The fourth-order valence-corrected chi connectivity index (χ4v) is 5.52. The van der Waals surface area contributed by atoms with E-state index in [1.165, 1.54) is 6.08 Å². The number of likely N-dealkylation sites (tertiary alicyclic amines) is 2. The number of hydrogen-bond acceptors (Lipinski definition) is 4. The molecule has 3 saturated heterocycles. The largest absolute Gasteiger partial charge is 0.433 e. The molecule has 0 aromatic rings. The van der Waals surface area contributed by atoms with Crippen LogP contribution in [0.4, 0.5) is 18.0 Å². The molecule has 10 heteroatoms. The van der Waals surface area contributed by atoms with E-state index in [9.17, 15) is 22.8 Å². The van der Waals surface area contributed by atoms with Crippen LogP contribution in [0.3, 0.4) is 0 Å². The highest BCUT2D eigenvalue weighted by molar-refractivity contribution is 5.79. The van der Waals surface area contributed by atoms with Crippen molar-refractivity contribution in [1.29, 1.82) is 0 Å². The molecule has 3 aliphatic heterocycles. The van der Waals surface area contributed by atoms with Crippen molar-refractivity contribution in [2.75, 3.05) is 32.8 Å². The highest BCUT2D eigenvalue weighted by Gasteiger charge is 2.54. The summed E-state index contributed by atoms with van der Waals surface area (Å²) in [4.78, 5) is 31.1. The van der Waals surface area contributed by atoms with E-state index in [2.05, 4.69) is 17.0 Å². The van der Waals surface area contributed by atoms with Crippen molar-refractivity contribution in [3.63, 3.8) is 0 Å². The summed E-state index contributed by atoms with van der Waals surface area (Å²) in [5.41, 5.74) is 0.0390. The maximum Gasteiger partial charge on any atom is 0.433 e. The predicted octanol–water partition coefficient (Wildman–Crippen LogP) is 3.14. The van der Waals surface area contributed by atoms with Gasteiger partial charge >= 0.3 is 12.2 Å². The smallest absolute Gasteiger partial charge is 0.366 e. The second kappa shape index (κ2) is 8.53. The lowest BCUT2D eigenvalue weighted by Crippen LogP contribution is -2.68. The molecule has 2 atom stereocenters. The Kier molecular flexibility index (Phi) is 6.08. The highest BCUT2D eigenvalue weighted by atomic mass is 19.4. The summed E-state index contributed by atoms with van der Waals surface area (Å²) in [5, 5.41) is 2.91. The maximum absolute atomic E-state index is 12.9. The van der Waals surface area contributed by atoms with Crippen molar-refractivity contribution in [3.05, 3.63) is 23.4 Å². The monoisotopic (exact) mass is 456 g/mol. The van der Waals surface area contributed by atoms with Gasteiger partial charge < -0.3 is 19.9 Å². The molecule has 1 saturated carbocycles. The molecule has 3 heterocycles. The Morgan fingerprint density at radius 1 is 1.34 bits per heavy atom. The standard InChI is InChI=1S/C22H29F3N4O3.H2/c1-14(3-4-18(26-2)22(23,24)25)7-15-8-21(9-15)12-29(13-21)20(31)28-6-5-17-16(10-28)27-19(30)11-32-17;/h3-4,15-17H,2,5-13H2,1H3,(H,27,30);1H/b14-3+,18-4-;/t16-,17+;/m1./s1. The molecule has 3 amide bonds. The van der Waals surface area contributed by atoms with E-state index in [1.54, 1.807) is 4.90 Å². The Morgan fingerprint density at radius 2 is 2.06 bits per heavy atom. The van der Waals surface area contributed by atoms with Gasteiger partial charge in [-0.15, -0.1) is 0 Å². The molecule has 4 fully saturated rings. The number of halogens is 3. The molecule has 0 unspecified atom stereocenters. The first kappa shape index (κ1) is 22.8. The fraction of sp³-hybridized carbons (Fsp3) is 0.682. The average Bonchev–Trinajstić information content (AvgIpc) is 2.67. The van der Waals surface area contributed by atoms with Gasteiger partial charge in [0.15, 0.2) is 0 Å². The highest BCUT2D eigenvalue weighted by Crippen LogP contribution is 2.54. The molecule has 0 bridgehead atoms. The number of carbonyl (C=O) groups excluding carboxylic acids is 2. The van der Waals surface area contributed by atoms with Gasteiger partial charge in [-0.25, -0.2) is 4.79 Å². The maximum atomic E-state index is 12.9.